The number of Topliss-reactive ketones (excluding diaryl/α,β-unsaturated/α-hetero) is 1. The van der Waals surface area contributed by atoms with Gasteiger partial charge in [0, 0.05) is 22.7 Å². The average Bonchev–Trinajstić information content (AvgIpc) is 3.09. The third-order valence-electron chi connectivity index (χ3n) is 4.30. The molecule has 3 N–H and O–H groups in total. The monoisotopic (exact) mass is 404 g/mol. The fourth-order valence-corrected chi connectivity index (χ4v) is 3.41. The van der Waals surface area contributed by atoms with Gasteiger partial charge in [-0.3, -0.25) is 4.79 Å². The lowest BCUT2D eigenvalue weighted by atomic mass is 10.1. The topological polar surface area (TPSA) is 119 Å². The first kappa shape index (κ1) is 19.7. The van der Waals surface area contributed by atoms with Crippen LogP contribution in [0.3, 0.4) is 0 Å². The molecule has 0 saturated heterocycles. The van der Waals surface area contributed by atoms with Gasteiger partial charge in [-0.05, 0) is 30.2 Å². The molecule has 3 aromatic rings. The molecule has 0 aliphatic carbocycles. The Hall–Kier alpha value is -3.04. The molecule has 0 bridgehead atoms. The zero-order valence-electron chi connectivity index (χ0n) is 14.9. The van der Waals surface area contributed by atoms with Gasteiger partial charge in [0.25, 0.3) is 0 Å². The van der Waals surface area contributed by atoms with E-state index in [4.69, 9.17) is 9.88 Å². The molecule has 0 spiro atoms. The zero-order chi connectivity index (χ0) is 20.5. The number of rotatable bonds is 6. The highest BCUT2D eigenvalue weighted by Crippen LogP contribution is 2.23. The van der Waals surface area contributed by atoms with Crippen molar-refractivity contribution in [1.29, 1.82) is 0 Å². The van der Waals surface area contributed by atoms with Crippen LogP contribution >= 0.6 is 0 Å². The maximum atomic E-state index is 13.9. The molecule has 0 amide bonds. The fraction of sp³-hybridized carbons (Fsp3) is 0.158. The van der Waals surface area contributed by atoms with Crippen molar-refractivity contribution in [3.63, 3.8) is 0 Å². The normalized spacial score (nSPS) is 11.5. The van der Waals surface area contributed by atoms with Gasteiger partial charge in [-0.1, -0.05) is 25.1 Å². The van der Waals surface area contributed by atoms with Crippen molar-refractivity contribution in [1.82, 2.24) is 4.98 Å². The Morgan fingerprint density at radius 1 is 1.18 bits per heavy atom. The molecule has 2 aromatic carbocycles. The summed E-state index contributed by atoms with van der Waals surface area (Å²) in [6.07, 6.45) is 2.31. The molecule has 1 heterocycles. The van der Waals surface area contributed by atoms with E-state index in [9.17, 15) is 22.4 Å². The van der Waals surface area contributed by atoms with Crippen molar-refractivity contribution < 1.29 is 27.1 Å². The van der Waals surface area contributed by atoms with Gasteiger partial charge >= 0.3 is 5.97 Å². The lowest BCUT2D eigenvalue weighted by Crippen LogP contribution is -2.17. The number of halogens is 1. The van der Waals surface area contributed by atoms with E-state index in [-0.39, 0.29) is 0 Å². The largest absolute Gasteiger partial charge is 0.454 e. The number of H-pyrrole nitrogens is 1. The van der Waals surface area contributed by atoms with E-state index in [0.717, 1.165) is 35.7 Å². The molecule has 3 rings (SSSR count). The van der Waals surface area contributed by atoms with Gasteiger partial charge in [0.2, 0.25) is 15.8 Å². The van der Waals surface area contributed by atoms with Crippen LogP contribution in [0.5, 0.6) is 0 Å². The maximum Gasteiger partial charge on any atom is 0.341 e. The number of sulfonamides is 1. The highest BCUT2D eigenvalue weighted by Gasteiger charge is 2.20. The molecule has 0 aliphatic heterocycles. The molecule has 28 heavy (non-hydrogen) atoms. The minimum atomic E-state index is -4.12. The molecule has 0 radical (unpaired) electrons. The summed E-state index contributed by atoms with van der Waals surface area (Å²) in [5, 5.41) is 5.68. The lowest BCUT2D eigenvalue weighted by molar-refractivity contribution is 0.0470. The summed E-state index contributed by atoms with van der Waals surface area (Å²) in [6, 6.07) is 8.04. The average molecular weight is 404 g/mol. The molecular weight excluding hydrogens is 387 g/mol. The summed E-state index contributed by atoms with van der Waals surface area (Å²) in [6.45, 7) is 1.37. The molecule has 7 nitrogen and oxygen atoms in total. The number of hydrogen-bond acceptors (Lipinski definition) is 5. The number of carbonyl (C=O) groups is 2. The molecule has 0 aliphatic rings. The van der Waals surface area contributed by atoms with Gasteiger partial charge in [0.15, 0.2) is 6.61 Å². The fourth-order valence-electron chi connectivity index (χ4n) is 2.87. The zero-order valence-corrected chi connectivity index (χ0v) is 15.7. The Labute approximate surface area is 160 Å². The quantitative estimate of drug-likeness (QED) is 0.483. The number of fused-ring (bicyclic) bond motifs is 1. The number of aryl methyl sites for hydroxylation is 1. The highest BCUT2D eigenvalue weighted by molar-refractivity contribution is 7.89. The minimum absolute atomic E-state index is 0.344. The number of carbonyl (C=O) groups excluding carboxylic acids is 2. The predicted octanol–water partition coefficient (Wildman–Crippen LogP) is 2.56. The number of esters is 1. The first-order chi connectivity index (χ1) is 13.2. The van der Waals surface area contributed by atoms with E-state index < -0.39 is 44.7 Å². The van der Waals surface area contributed by atoms with Crippen molar-refractivity contribution in [2.45, 2.75) is 18.2 Å². The minimum Gasteiger partial charge on any atom is -0.454 e. The molecular formula is C19H17FN2O5S. The third kappa shape index (κ3) is 3.80. The summed E-state index contributed by atoms with van der Waals surface area (Å²) in [4.78, 5) is 27.2. The van der Waals surface area contributed by atoms with Gasteiger partial charge < -0.3 is 9.72 Å². The second kappa shape index (κ2) is 7.53. The summed E-state index contributed by atoms with van der Waals surface area (Å²) in [5.74, 6) is -2.62. The van der Waals surface area contributed by atoms with Crippen LogP contribution < -0.4 is 5.14 Å². The van der Waals surface area contributed by atoms with Crippen molar-refractivity contribution in [2.24, 2.45) is 5.14 Å². The van der Waals surface area contributed by atoms with Gasteiger partial charge in [-0.2, -0.15) is 0 Å². The van der Waals surface area contributed by atoms with Crippen LogP contribution in [-0.2, 0) is 21.2 Å². The van der Waals surface area contributed by atoms with Crippen LogP contribution in [0.15, 0.2) is 47.5 Å². The van der Waals surface area contributed by atoms with Crippen molar-refractivity contribution in [3.8, 4) is 0 Å². The Bertz CT molecular complexity index is 1180. The number of ketones is 1. The summed E-state index contributed by atoms with van der Waals surface area (Å²) >= 11 is 0. The predicted molar refractivity (Wildman–Crippen MR) is 100 cm³/mol. The van der Waals surface area contributed by atoms with E-state index in [0.29, 0.717) is 10.9 Å². The van der Waals surface area contributed by atoms with E-state index in [2.05, 4.69) is 4.98 Å². The van der Waals surface area contributed by atoms with E-state index in [1.165, 1.54) is 6.20 Å². The number of nitrogens with one attached hydrogen (secondary N) is 1. The third-order valence-corrected chi connectivity index (χ3v) is 5.21. The van der Waals surface area contributed by atoms with Gasteiger partial charge in [0.1, 0.15) is 5.82 Å². The summed E-state index contributed by atoms with van der Waals surface area (Å²) in [7, 11) is -4.12. The molecule has 146 valence electrons. The molecule has 0 saturated carbocycles. The number of nitrogens with two attached hydrogens (primary N) is 1. The van der Waals surface area contributed by atoms with Crippen LogP contribution in [0.25, 0.3) is 10.9 Å². The van der Waals surface area contributed by atoms with Crippen molar-refractivity contribution in [2.75, 3.05) is 6.61 Å². The molecule has 9 heteroatoms. The van der Waals surface area contributed by atoms with Crippen LogP contribution in [0, 0.1) is 5.82 Å². The Morgan fingerprint density at radius 2 is 1.93 bits per heavy atom. The number of aromatic nitrogens is 1. The number of primary sulfonamides is 1. The number of para-hydroxylation sites is 1. The molecule has 1 aromatic heterocycles. The smallest absolute Gasteiger partial charge is 0.341 e. The first-order valence-corrected chi connectivity index (χ1v) is 9.88. The van der Waals surface area contributed by atoms with E-state index in [1.54, 1.807) is 6.07 Å². The first-order valence-electron chi connectivity index (χ1n) is 8.34. The molecule has 0 unspecified atom stereocenters. The SMILES string of the molecule is CCc1cccc2c(C(=O)COC(=O)c3cc(S(N)(=O)=O)ccc3F)c[nH]c12. The van der Waals surface area contributed by atoms with E-state index >= 15 is 0 Å². The lowest BCUT2D eigenvalue weighted by Gasteiger charge is -2.07. The number of ether oxygens (including phenoxy) is 1. The number of hydrogen-bond donors (Lipinski definition) is 2. The standard InChI is InChI=1S/C19H17FN2O5S/c1-2-11-4-3-5-13-15(9-22-18(11)13)17(23)10-27-19(24)14-8-12(28(21,25)26)6-7-16(14)20/h3-9,22H,2,10H2,1H3,(H2,21,25,26). The Morgan fingerprint density at radius 3 is 2.61 bits per heavy atom. The summed E-state index contributed by atoms with van der Waals surface area (Å²) in [5.41, 5.74) is 1.59. The van der Waals surface area contributed by atoms with Crippen LogP contribution in [0.1, 0.15) is 33.2 Å². The van der Waals surface area contributed by atoms with Gasteiger partial charge in [-0.15, -0.1) is 0 Å². The maximum absolute atomic E-state index is 13.9. The summed E-state index contributed by atoms with van der Waals surface area (Å²) < 4.78 is 41.5. The number of aromatic amines is 1. The van der Waals surface area contributed by atoms with Crippen molar-refractivity contribution >= 4 is 32.7 Å². The highest BCUT2D eigenvalue weighted by atomic mass is 32.2. The van der Waals surface area contributed by atoms with Crippen molar-refractivity contribution in [3.05, 3.63) is 65.1 Å². The second-order valence-corrected chi connectivity index (χ2v) is 7.64. The van der Waals surface area contributed by atoms with E-state index in [1.807, 2.05) is 19.1 Å². The number of benzene rings is 2. The second-order valence-electron chi connectivity index (χ2n) is 6.08. The van der Waals surface area contributed by atoms with Crippen LogP contribution in [-0.4, -0.2) is 31.8 Å². The molecule has 0 atom stereocenters. The van der Waals surface area contributed by atoms with Gasteiger partial charge in [0.05, 0.1) is 10.5 Å². The van der Waals surface area contributed by atoms with Gasteiger partial charge in [-0.25, -0.2) is 22.7 Å². The van der Waals surface area contributed by atoms with Crippen LogP contribution in [0.4, 0.5) is 4.39 Å². The molecule has 0 fully saturated rings. The van der Waals surface area contributed by atoms with Crippen LogP contribution in [0.2, 0.25) is 0 Å². The Kier molecular flexibility index (Phi) is 5.30. The Balaban J connectivity index is 1.80.